The number of aromatic nitrogens is 2. The summed E-state index contributed by atoms with van der Waals surface area (Å²) in [5, 5.41) is 3.43. The summed E-state index contributed by atoms with van der Waals surface area (Å²) in [5.74, 6) is 0.375. The number of nitrogens with two attached hydrogens (primary N) is 1. The second-order valence-corrected chi connectivity index (χ2v) is 6.04. The van der Waals surface area contributed by atoms with Crippen LogP contribution in [0.15, 0.2) is 36.7 Å². The van der Waals surface area contributed by atoms with Gasteiger partial charge in [-0.3, -0.25) is 0 Å². The van der Waals surface area contributed by atoms with E-state index in [1.54, 1.807) is 12.3 Å². The summed E-state index contributed by atoms with van der Waals surface area (Å²) < 4.78 is 6.87. The van der Waals surface area contributed by atoms with Gasteiger partial charge in [-0.15, -0.1) is 0 Å². The van der Waals surface area contributed by atoms with Crippen LogP contribution in [-0.2, 0) is 13.0 Å². The number of primary amides is 1. The van der Waals surface area contributed by atoms with Crippen molar-refractivity contribution < 1.29 is 9.53 Å². The average molecular weight is 338 g/mol. The maximum atomic E-state index is 11.1. The summed E-state index contributed by atoms with van der Waals surface area (Å²) in [6.07, 6.45) is 3.70. The van der Waals surface area contributed by atoms with Gasteiger partial charge in [-0.25, -0.2) is 9.78 Å². The third-order valence-electron chi connectivity index (χ3n) is 4.21. The average Bonchev–Trinajstić information content (AvgIpc) is 2.93. The van der Waals surface area contributed by atoms with Crippen LogP contribution in [0.3, 0.4) is 0 Å². The Morgan fingerprint density at radius 3 is 2.84 bits per heavy atom. The van der Waals surface area contributed by atoms with E-state index in [1.807, 2.05) is 17.5 Å². The number of hydrogen-bond donors (Lipinski definition) is 2. The van der Waals surface area contributed by atoms with Crippen LogP contribution in [0.5, 0.6) is 5.75 Å². The van der Waals surface area contributed by atoms with Crippen molar-refractivity contribution in [1.82, 2.24) is 9.38 Å². The number of carbonyl (C=O) groups excluding carboxylic acids is 1. The van der Waals surface area contributed by atoms with Gasteiger partial charge in [0.2, 0.25) is 0 Å². The maximum absolute atomic E-state index is 11.1. The van der Waals surface area contributed by atoms with E-state index in [9.17, 15) is 4.79 Å². The molecule has 2 heterocycles. The zero-order valence-electron chi connectivity index (χ0n) is 14.7. The number of nitrogens with zero attached hydrogens (tertiary/aromatic N) is 2. The van der Waals surface area contributed by atoms with E-state index in [1.165, 1.54) is 16.7 Å². The van der Waals surface area contributed by atoms with Crippen molar-refractivity contribution in [2.45, 2.75) is 33.7 Å². The lowest BCUT2D eigenvalue weighted by Gasteiger charge is -2.14. The van der Waals surface area contributed by atoms with E-state index >= 15 is 0 Å². The van der Waals surface area contributed by atoms with Crippen molar-refractivity contribution in [2.24, 2.45) is 5.73 Å². The fourth-order valence-electron chi connectivity index (χ4n) is 3.03. The molecule has 0 bridgehead atoms. The van der Waals surface area contributed by atoms with Crippen molar-refractivity contribution >= 4 is 17.4 Å². The molecule has 2 aromatic heterocycles. The summed E-state index contributed by atoms with van der Waals surface area (Å²) in [5.41, 5.74) is 11.4. The van der Waals surface area contributed by atoms with Gasteiger partial charge in [-0.2, -0.15) is 0 Å². The van der Waals surface area contributed by atoms with E-state index < -0.39 is 6.09 Å². The number of anilines is 1. The highest BCUT2D eigenvalue weighted by atomic mass is 16.5. The molecule has 0 radical (unpaired) electrons. The van der Waals surface area contributed by atoms with E-state index in [2.05, 4.69) is 42.3 Å². The van der Waals surface area contributed by atoms with Gasteiger partial charge in [-0.05, 0) is 37.0 Å². The largest absolute Gasteiger partial charge is 0.410 e. The number of amides is 1. The summed E-state index contributed by atoms with van der Waals surface area (Å²) in [6.45, 7) is 6.84. The molecular weight excluding hydrogens is 316 g/mol. The van der Waals surface area contributed by atoms with Gasteiger partial charge in [0.05, 0.1) is 17.6 Å². The molecule has 6 heteroatoms. The van der Waals surface area contributed by atoms with Crippen molar-refractivity contribution in [2.75, 3.05) is 5.32 Å². The Hall–Kier alpha value is -3.02. The number of benzene rings is 1. The quantitative estimate of drug-likeness (QED) is 0.745. The van der Waals surface area contributed by atoms with Crippen molar-refractivity contribution in [3.63, 3.8) is 0 Å². The van der Waals surface area contributed by atoms with Gasteiger partial charge in [0.25, 0.3) is 0 Å². The zero-order valence-corrected chi connectivity index (χ0v) is 14.7. The van der Waals surface area contributed by atoms with E-state index in [0.717, 1.165) is 23.4 Å². The molecule has 0 saturated carbocycles. The molecule has 25 heavy (non-hydrogen) atoms. The van der Waals surface area contributed by atoms with Crippen LogP contribution in [0.2, 0.25) is 0 Å². The first-order valence-electron chi connectivity index (χ1n) is 8.25. The number of fused-ring (bicyclic) bond motifs is 1. The Kier molecular flexibility index (Phi) is 4.61. The predicted octanol–water partition coefficient (Wildman–Crippen LogP) is 3.58. The normalized spacial score (nSPS) is 10.8. The maximum Gasteiger partial charge on any atom is 0.410 e. The van der Waals surface area contributed by atoms with E-state index in [0.29, 0.717) is 12.3 Å². The van der Waals surface area contributed by atoms with Gasteiger partial charge in [-0.1, -0.05) is 25.1 Å². The first kappa shape index (κ1) is 16.8. The highest BCUT2D eigenvalue weighted by Crippen LogP contribution is 2.25. The van der Waals surface area contributed by atoms with Gasteiger partial charge in [0, 0.05) is 18.8 Å². The van der Waals surface area contributed by atoms with Gasteiger partial charge >= 0.3 is 6.09 Å². The van der Waals surface area contributed by atoms with Crippen LogP contribution in [-0.4, -0.2) is 15.5 Å². The van der Waals surface area contributed by atoms with Crippen LogP contribution in [0.1, 0.15) is 29.3 Å². The van der Waals surface area contributed by atoms with Crippen molar-refractivity contribution in [3.8, 4) is 5.75 Å². The monoisotopic (exact) mass is 338 g/mol. The standard InChI is InChI=1S/C19H22N4O2/c1-4-14-7-5-6-12(2)16(14)9-21-17-8-15(25-19(20)24)11-23-10-13(3)22-18(17)23/h5-8,10-11,21H,4,9H2,1-3H3,(H2,20,24). The molecule has 0 spiro atoms. The second kappa shape index (κ2) is 6.84. The van der Waals surface area contributed by atoms with E-state index in [4.69, 9.17) is 10.5 Å². The van der Waals surface area contributed by atoms with E-state index in [-0.39, 0.29) is 0 Å². The third kappa shape index (κ3) is 3.57. The van der Waals surface area contributed by atoms with Crippen LogP contribution in [0, 0.1) is 13.8 Å². The molecule has 0 aliphatic carbocycles. The highest BCUT2D eigenvalue weighted by molar-refractivity contribution is 5.73. The predicted molar refractivity (Wildman–Crippen MR) is 98.0 cm³/mol. The van der Waals surface area contributed by atoms with Gasteiger partial charge < -0.3 is 20.2 Å². The molecular formula is C19H22N4O2. The topological polar surface area (TPSA) is 81.6 Å². The fraction of sp³-hybridized carbons (Fsp3) is 0.263. The SMILES string of the molecule is CCc1cccc(C)c1CNc1cc(OC(N)=O)cn2cc(C)nc12. The Morgan fingerprint density at radius 1 is 1.32 bits per heavy atom. The third-order valence-corrected chi connectivity index (χ3v) is 4.21. The molecule has 3 N–H and O–H groups in total. The zero-order chi connectivity index (χ0) is 18.0. The van der Waals surface area contributed by atoms with Crippen LogP contribution < -0.4 is 15.8 Å². The molecule has 6 nitrogen and oxygen atoms in total. The molecule has 0 unspecified atom stereocenters. The van der Waals surface area contributed by atoms with Crippen molar-refractivity contribution in [3.05, 3.63) is 59.0 Å². The molecule has 0 aliphatic heterocycles. The fourth-order valence-corrected chi connectivity index (χ4v) is 3.03. The number of ether oxygens (including phenoxy) is 1. The number of imidazole rings is 1. The number of nitrogens with one attached hydrogen (secondary N) is 1. The van der Waals surface area contributed by atoms with Gasteiger partial charge in [0.15, 0.2) is 11.4 Å². The number of rotatable bonds is 5. The molecule has 1 aromatic carbocycles. The van der Waals surface area contributed by atoms with Gasteiger partial charge in [0.1, 0.15) is 0 Å². The molecule has 0 aliphatic rings. The Balaban J connectivity index is 1.96. The molecule has 130 valence electrons. The molecule has 0 saturated heterocycles. The highest BCUT2D eigenvalue weighted by Gasteiger charge is 2.11. The lowest BCUT2D eigenvalue weighted by molar-refractivity contribution is 0.210. The summed E-state index contributed by atoms with van der Waals surface area (Å²) in [7, 11) is 0. The minimum Gasteiger partial charge on any atom is -0.409 e. The van der Waals surface area contributed by atoms with Crippen LogP contribution in [0.4, 0.5) is 10.5 Å². The minimum absolute atomic E-state index is 0.375. The van der Waals surface area contributed by atoms with Crippen LogP contribution >= 0.6 is 0 Å². The number of carbonyl (C=O) groups is 1. The lowest BCUT2D eigenvalue weighted by Crippen LogP contribution is -2.16. The summed E-state index contributed by atoms with van der Waals surface area (Å²) in [4.78, 5) is 15.6. The number of aryl methyl sites for hydroxylation is 3. The molecule has 0 atom stereocenters. The van der Waals surface area contributed by atoms with Crippen molar-refractivity contribution in [1.29, 1.82) is 0 Å². The first-order chi connectivity index (χ1) is 12.0. The lowest BCUT2D eigenvalue weighted by atomic mass is 10.00. The second-order valence-electron chi connectivity index (χ2n) is 6.04. The van der Waals surface area contributed by atoms with Crippen LogP contribution in [0.25, 0.3) is 5.65 Å². The number of hydrogen-bond acceptors (Lipinski definition) is 4. The summed E-state index contributed by atoms with van der Waals surface area (Å²) >= 11 is 0. The Labute approximate surface area is 146 Å². The molecule has 0 fully saturated rings. The summed E-state index contributed by atoms with van der Waals surface area (Å²) in [6, 6.07) is 8.08. The molecule has 1 amide bonds. The molecule has 3 rings (SSSR count). The smallest absolute Gasteiger partial charge is 0.409 e. The first-order valence-corrected chi connectivity index (χ1v) is 8.25. The molecule has 3 aromatic rings. The number of pyridine rings is 1. The minimum atomic E-state index is -0.839. The Bertz CT molecular complexity index is 931. The Morgan fingerprint density at radius 2 is 2.12 bits per heavy atom.